The molecular formula is C11H10ClN3O. The fourth-order valence-corrected chi connectivity index (χ4v) is 1.88. The first-order valence-corrected chi connectivity index (χ1v) is 5.09. The van der Waals surface area contributed by atoms with Crippen LogP contribution in [0.5, 0.6) is 0 Å². The highest BCUT2D eigenvalue weighted by molar-refractivity contribution is 6.33. The summed E-state index contributed by atoms with van der Waals surface area (Å²) in [6, 6.07) is 9.33. The summed E-state index contributed by atoms with van der Waals surface area (Å²) < 4.78 is 1.50. The Morgan fingerprint density at radius 2 is 2.00 bits per heavy atom. The number of nitrogens with two attached hydrogens (primary N) is 1. The monoisotopic (exact) mass is 235 g/mol. The van der Waals surface area contributed by atoms with Gasteiger partial charge in [0.25, 0.3) is 5.91 Å². The van der Waals surface area contributed by atoms with E-state index in [1.54, 1.807) is 6.92 Å². The number of amides is 1. The smallest absolute Gasteiger partial charge is 0.253 e. The van der Waals surface area contributed by atoms with E-state index in [0.29, 0.717) is 5.69 Å². The van der Waals surface area contributed by atoms with Crippen LogP contribution in [0.25, 0.3) is 5.69 Å². The third kappa shape index (κ3) is 1.67. The zero-order valence-electron chi connectivity index (χ0n) is 8.64. The number of aryl methyl sites for hydroxylation is 1. The molecule has 82 valence electrons. The van der Waals surface area contributed by atoms with Crippen LogP contribution in [0.15, 0.2) is 30.3 Å². The number of hydrogen-bond acceptors (Lipinski definition) is 2. The van der Waals surface area contributed by atoms with Crippen LogP contribution in [-0.4, -0.2) is 15.7 Å². The van der Waals surface area contributed by atoms with Gasteiger partial charge < -0.3 is 5.73 Å². The van der Waals surface area contributed by atoms with Gasteiger partial charge in [0, 0.05) is 0 Å². The van der Waals surface area contributed by atoms with Crippen molar-refractivity contribution < 1.29 is 4.79 Å². The minimum Gasteiger partial charge on any atom is -0.365 e. The molecule has 1 heterocycles. The van der Waals surface area contributed by atoms with E-state index in [1.165, 1.54) is 4.68 Å². The number of rotatable bonds is 2. The highest BCUT2D eigenvalue weighted by Gasteiger charge is 2.18. The fraction of sp³-hybridized carbons (Fsp3) is 0.0909. The highest BCUT2D eigenvalue weighted by Crippen LogP contribution is 2.22. The number of para-hydroxylation sites is 1. The molecule has 16 heavy (non-hydrogen) atoms. The molecule has 0 unspecified atom stereocenters. The van der Waals surface area contributed by atoms with Crippen LogP contribution in [0.4, 0.5) is 0 Å². The molecule has 0 fully saturated rings. The molecule has 2 N–H and O–H groups in total. The van der Waals surface area contributed by atoms with E-state index in [2.05, 4.69) is 5.10 Å². The van der Waals surface area contributed by atoms with Crippen LogP contribution in [0.1, 0.15) is 16.1 Å². The molecule has 2 aromatic rings. The lowest BCUT2D eigenvalue weighted by molar-refractivity contribution is 0.1000. The molecule has 1 aromatic carbocycles. The van der Waals surface area contributed by atoms with Gasteiger partial charge in [-0.3, -0.25) is 4.79 Å². The third-order valence-corrected chi connectivity index (χ3v) is 2.60. The standard InChI is InChI=1S/C11H10ClN3O/c1-7-9(11(13)16)10(12)15(14-7)8-5-3-2-4-6-8/h2-6H,1H3,(H2,13,16). The zero-order valence-corrected chi connectivity index (χ0v) is 9.40. The van der Waals surface area contributed by atoms with Crippen molar-refractivity contribution in [3.05, 3.63) is 46.7 Å². The van der Waals surface area contributed by atoms with Crippen molar-refractivity contribution >= 4 is 17.5 Å². The molecule has 0 saturated heterocycles. The molecular weight excluding hydrogens is 226 g/mol. The lowest BCUT2D eigenvalue weighted by Crippen LogP contribution is -2.12. The molecule has 4 nitrogen and oxygen atoms in total. The van der Waals surface area contributed by atoms with Crippen molar-refractivity contribution in [2.45, 2.75) is 6.92 Å². The predicted molar refractivity (Wildman–Crippen MR) is 61.8 cm³/mol. The second-order valence-electron chi connectivity index (χ2n) is 3.36. The summed E-state index contributed by atoms with van der Waals surface area (Å²) >= 11 is 6.06. The van der Waals surface area contributed by atoms with Gasteiger partial charge in [0.2, 0.25) is 0 Å². The number of hydrogen-bond donors (Lipinski definition) is 1. The molecule has 0 bridgehead atoms. The molecule has 5 heteroatoms. The van der Waals surface area contributed by atoms with Crippen LogP contribution < -0.4 is 5.73 Å². The van der Waals surface area contributed by atoms with E-state index in [9.17, 15) is 4.79 Å². The summed E-state index contributed by atoms with van der Waals surface area (Å²) in [4.78, 5) is 11.2. The van der Waals surface area contributed by atoms with E-state index in [0.717, 1.165) is 5.69 Å². The van der Waals surface area contributed by atoms with Gasteiger partial charge in [-0.25, -0.2) is 4.68 Å². The average molecular weight is 236 g/mol. The van der Waals surface area contributed by atoms with Gasteiger partial charge in [0.15, 0.2) is 0 Å². The largest absolute Gasteiger partial charge is 0.365 e. The van der Waals surface area contributed by atoms with Crippen molar-refractivity contribution in [1.82, 2.24) is 9.78 Å². The summed E-state index contributed by atoms with van der Waals surface area (Å²) in [5.74, 6) is -0.565. The number of carbonyl (C=O) groups is 1. The number of nitrogens with zero attached hydrogens (tertiary/aromatic N) is 2. The molecule has 0 aliphatic heterocycles. The van der Waals surface area contributed by atoms with Crippen LogP contribution >= 0.6 is 11.6 Å². The first kappa shape index (κ1) is 10.7. The van der Waals surface area contributed by atoms with Gasteiger partial charge in [0.1, 0.15) is 5.15 Å². The molecule has 1 amide bonds. The van der Waals surface area contributed by atoms with E-state index in [4.69, 9.17) is 17.3 Å². The van der Waals surface area contributed by atoms with E-state index in [1.807, 2.05) is 30.3 Å². The normalized spacial score (nSPS) is 10.4. The average Bonchev–Trinajstić information content (AvgIpc) is 2.55. The summed E-state index contributed by atoms with van der Waals surface area (Å²) in [5, 5.41) is 4.43. The minimum atomic E-state index is -0.565. The first-order chi connectivity index (χ1) is 7.61. The number of benzene rings is 1. The molecule has 1 aromatic heterocycles. The Morgan fingerprint density at radius 3 is 2.50 bits per heavy atom. The topological polar surface area (TPSA) is 60.9 Å². The second kappa shape index (κ2) is 3.98. The van der Waals surface area contributed by atoms with Gasteiger partial charge >= 0.3 is 0 Å². The molecule has 0 radical (unpaired) electrons. The van der Waals surface area contributed by atoms with Gasteiger partial charge in [-0.2, -0.15) is 5.10 Å². The Hall–Kier alpha value is -1.81. The molecule has 0 aliphatic carbocycles. The van der Waals surface area contributed by atoms with Crippen LogP contribution in [0.2, 0.25) is 5.15 Å². The molecule has 0 aliphatic rings. The van der Waals surface area contributed by atoms with Gasteiger partial charge in [0.05, 0.1) is 16.9 Å². The van der Waals surface area contributed by atoms with E-state index in [-0.39, 0.29) is 10.7 Å². The van der Waals surface area contributed by atoms with Gasteiger partial charge in [-0.15, -0.1) is 0 Å². The summed E-state index contributed by atoms with van der Waals surface area (Å²) in [7, 11) is 0. The van der Waals surface area contributed by atoms with Crippen molar-refractivity contribution in [1.29, 1.82) is 0 Å². The van der Waals surface area contributed by atoms with E-state index >= 15 is 0 Å². The van der Waals surface area contributed by atoms with Crippen molar-refractivity contribution in [3.63, 3.8) is 0 Å². The Bertz CT molecular complexity index is 534. The number of carbonyl (C=O) groups excluding carboxylic acids is 1. The number of halogens is 1. The van der Waals surface area contributed by atoms with Crippen LogP contribution in [0.3, 0.4) is 0 Å². The summed E-state index contributed by atoms with van der Waals surface area (Å²) in [5.41, 5.74) is 6.82. The maximum absolute atomic E-state index is 11.2. The molecule has 0 spiro atoms. The van der Waals surface area contributed by atoms with Crippen molar-refractivity contribution in [2.24, 2.45) is 5.73 Å². The first-order valence-electron chi connectivity index (χ1n) is 4.71. The second-order valence-corrected chi connectivity index (χ2v) is 3.72. The molecule has 0 saturated carbocycles. The lowest BCUT2D eigenvalue weighted by Gasteiger charge is -2.01. The highest BCUT2D eigenvalue weighted by atomic mass is 35.5. The molecule has 0 atom stereocenters. The van der Waals surface area contributed by atoms with Crippen molar-refractivity contribution in [2.75, 3.05) is 0 Å². The minimum absolute atomic E-state index is 0.246. The Kier molecular flexibility index (Phi) is 2.66. The zero-order chi connectivity index (χ0) is 11.7. The quantitative estimate of drug-likeness (QED) is 0.865. The maximum atomic E-state index is 11.2. The summed E-state index contributed by atoms with van der Waals surface area (Å²) in [6.45, 7) is 1.70. The number of aromatic nitrogens is 2. The molecule has 2 rings (SSSR count). The van der Waals surface area contributed by atoms with Gasteiger partial charge in [-0.05, 0) is 19.1 Å². The van der Waals surface area contributed by atoms with Gasteiger partial charge in [-0.1, -0.05) is 29.8 Å². The Morgan fingerprint density at radius 1 is 1.38 bits per heavy atom. The fourth-order valence-electron chi connectivity index (χ4n) is 1.52. The van der Waals surface area contributed by atoms with Crippen molar-refractivity contribution in [3.8, 4) is 5.69 Å². The maximum Gasteiger partial charge on any atom is 0.253 e. The summed E-state index contributed by atoms with van der Waals surface area (Å²) in [6.07, 6.45) is 0. The predicted octanol–water partition coefficient (Wildman–Crippen LogP) is 1.93. The number of primary amides is 1. The lowest BCUT2D eigenvalue weighted by atomic mass is 10.2. The van der Waals surface area contributed by atoms with Crippen LogP contribution in [0, 0.1) is 6.92 Å². The Labute approximate surface area is 97.6 Å². The Balaban J connectivity index is 2.61. The van der Waals surface area contributed by atoms with Crippen LogP contribution in [-0.2, 0) is 0 Å². The van der Waals surface area contributed by atoms with E-state index < -0.39 is 5.91 Å². The SMILES string of the molecule is Cc1nn(-c2ccccc2)c(Cl)c1C(N)=O. The third-order valence-electron chi connectivity index (χ3n) is 2.25.